The van der Waals surface area contributed by atoms with Gasteiger partial charge in [-0.1, -0.05) is 19.3 Å². The average molecular weight is 453 g/mol. The third kappa shape index (κ3) is 5.54. The van der Waals surface area contributed by atoms with Crippen LogP contribution in [0.4, 0.5) is 0 Å². The number of aliphatic hydroxyl groups is 4. The summed E-state index contributed by atoms with van der Waals surface area (Å²) < 4.78 is 6.97. The molecular weight excluding hydrogens is 422 g/mol. The van der Waals surface area contributed by atoms with Crippen molar-refractivity contribution in [2.24, 2.45) is 0 Å². The first kappa shape index (κ1) is 24.3. The lowest BCUT2D eigenvalue weighted by Crippen LogP contribution is -2.46. The van der Waals surface area contributed by atoms with E-state index >= 15 is 0 Å². The minimum atomic E-state index is -1.34. The molecule has 11 heteroatoms. The average Bonchev–Trinajstić information content (AvgIpc) is 3.29. The van der Waals surface area contributed by atoms with Crippen molar-refractivity contribution >= 4 is 17.8 Å². The Morgan fingerprint density at radius 2 is 1.72 bits per heavy atom. The number of carbonyl (C=O) groups is 2. The van der Waals surface area contributed by atoms with E-state index in [1.807, 2.05) is 0 Å². The summed E-state index contributed by atoms with van der Waals surface area (Å²) in [5, 5.41) is 49.0. The van der Waals surface area contributed by atoms with Crippen LogP contribution in [0.3, 0.4) is 0 Å². The van der Waals surface area contributed by atoms with E-state index in [2.05, 4.69) is 4.98 Å². The number of aliphatic carboxylic acids is 1. The molecule has 32 heavy (non-hydrogen) atoms. The summed E-state index contributed by atoms with van der Waals surface area (Å²) in [5.74, 6) is -0.348. The molecule has 0 aromatic carbocycles. The van der Waals surface area contributed by atoms with Gasteiger partial charge in [-0.3, -0.25) is 14.2 Å². The molecule has 0 amide bonds. The van der Waals surface area contributed by atoms with Gasteiger partial charge >= 0.3 is 5.97 Å². The Bertz CT molecular complexity index is 826. The number of carboxylic acids is 1. The molecule has 2 aliphatic heterocycles. The summed E-state index contributed by atoms with van der Waals surface area (Å²) in [6, 6.07) is 0. The molecular formula is C21H31N3O8. The van der Waals surface area contributed by atoms with Gasteiger partial charge in [-0.05, 0) is 18.9 Å². The maximum atomic E-state index is 12.4. The van der Waals surface area contributed by atoms with E-state index in [4.69, 9.17) is 9.84 Å². The molecule has 2 unspecified atom stereocenters. The van der Waals surface area contributed by atoms with Crippen molar-refractivity contribution in [3.05, 3.63) is 23.9 Å². The SMILES string of the molecule is O=C(O)CCCCCCCC(=O)Cc1cnc2n1C(O)N(C1O[C@H](CO)[C@@H](O)[C@H]1O)C=C2. The molecule has 0 saturated carbocycles. The number of ketones is 1. The summed E-state index contributed by atoms with van der Waals surface area (Å²) in [7, 11) is 0. The van der Waals surface area contributed by atoms with Crippen LogP contribution < -0.4 is 0 Å². The summed E-state index contributed by atoms with van der Waals surface area (Å²) in [4.78, 5) is 28.5. The second-order valence-electron chi connectivity index (χ2n) is 8.19. The quantitative estimate of drug-likeness (QED) is 0.272. The van der Waals surface area contributed by atoms with Crippen LogP contribution in [-0.2, 0) is 20.7 Å². The highest BCUT2D eigenvalue weighted by molar-refractivity contribution is 5.80. The number of ether oxygens (including phenoxy) is 1. The van der Waals surface area contributed by atoms with Crippen LogP contribution in [0.2, 0.25) is 0 Å². The van der Waals surface area contributed by atoms with Gasteiger partial charge in [0.05, 0.1) is 6.61 Å². The molecule has 1 aromatic rings. The molecule has 5 atom stereocenters. The number of fused-ring (bicyclic) bond motifs is 1. The predicted octanol–water partition coefficient (Wildman–Crippen LogP) is -0.0163. The lowest BCUT2D eigenvalue weighted by Gasteiger charge is -2.36. The fourth-order valence-electron chi connectivity index (χ4n) is 4.06. The van der Waals surface area contributed by atoms with Gasteiger partial charge in [0.2, 0.25) is 6.35 Å². The molecule has 0 spiro atoms. The minimum absolute atomic E-state index is 0.000503. The van der Waals surface area contributed by atoms with Gasteiger partial charge in [0.1, 0.15) is 29.9 Å². The van der Waals surface area contributed by atoms with Crippen LogP contribution in [0.1, 0.15) is 62.8 Å². The minimum Gasteiger partial charge on any atom is -0.481 e. The number of hydrogen-bond donors (Lipinski definition) is 5. The van der Waals surface area contributed by atoms with E-state index < -0.39 is 43.5 Å². The summed E-state index contributed by atoms with van der Waals surface area (Å²) in [6.07, 6.45) is 3.18. The van der Waals surface area contributed by atoms with Crippen LogP contribution in [0.5, 0.6) is 0 Å². The summed E-state index contributed by atoms with van der Waals surface area (Å²) in [6.45, 7) is -0.474. The van der Waals surface area contributed by atoms with Gasteiger partial charge in [-0.2, -0.15) is 0 Å². The maximum absolute atomic E-state index is 12.4. The number of aliphatic hydroxyl groups excluding tert-OH is 4. The number of unbranched alkanes of at least 4 members (excludes halogenated alkanes) is 4. The van der Waals surface area contributed by atoms with Gasteiger partial charge < -0.3 is 35.2 Å². The van der Waals surface area contributed by atoms with Crippen LogP contribution in [0, 0.1) is 0 Å². The standard InChI is InChI=1S/C21H31N3O8/c25-12-15-18(29)19(30)20(32-15)23-9-8-16-22-11-13(24(16)21(23)31)10-14(26)6-4-2-1-3-5-7-17(27)28/h8-9,11,15,18-21,25,29-31H,1-7,10,12H2,(H,27,28)/t15-,18-,19-,20?,21?/m1/s1. The Balaban J connectivity index is 1.53. The van der Waals surface area contributed by atoms with Gasteiger partial charge in [0.15, 0.2) is 6.23 Å². The molecule has 2 aliphatic rings. The normalized spacial score (nSPS) is 27.0. The monoisotopic (exact) mass is 453 g/mol. The first-order chi connectivity index (χ1) is 15.3. The highest BCUT2D eigenvalue weighted by Crippen LogP contribution is 2.32. The van der Waals surface area contributed by atoms with E-state index in [-0.39, 0.29) is 18.6 Å². The Hall–Kier alpha value is -2.31. The molecule has 11 nitrogen and oxygen atoms in total. The third-order valence-electron chi connectivity index (χ3n) is 5.83. The lowest BCUT2D eigenvalue weighted by atomic mass is 10.1. The Kier molecular flexibility index (Phi) is 8.38. The number of carboxylic acid groups (broad SMARTS) is 1. The van der Waals surface area contributed by atoms with E-state index in [9.17, 15) is 30.0 Å². The number of nitrogens with zero attached hydrogens (tertiary/aromatic N) is 3. The van der Waals surface area contributed by atoms with Crippen molar-refractivity contribution in [2.45, 2.75) is 82.3 Å². The van der Waals surface area contributed by atoms with Crippen molar-refractivity contribution in [2.75, 3.05) is 6.61 Å². The Morgan fingerprint density at radius 3 is 2.38 bits per heavy atom. The van der Waals surface area contributed by atoms with Crippen LogP contribution in [0.15, 0.2) is 12.4 Å². The molecule has 3 rings (SSSR count). The zero-order chi connectivity index (χ0) is 23.3. The molecule has 1 aromatic heterocycles. The third-order valence-corrected chi connectivity index (χ3v) is 5.83. The molecule has 0 radical (unpaired) electrons. The topological polar surface area (TPSA) is 166 Å². The summed E-state index contributed by atoms with van der Waals surface area (Å²) >= 11 is 0. The summed E-state index contributed by atoms with van der Waals surface area (Å²) in [5.41, 5.74) is 0.514. The fraction of sp³-hybridized carbons (Fsp3) is 0.667. The first-order valence-corrected chi connectivity index (χ1v) is 10.9. The van der Waals surface area contributed by atoms with Crippen molar-refractivity contribution in [1.82, 2.24) is 14.5 Å². The highest BCUT2D eigenvalue weighted by atomic mass is 16.6. The second kappa shape index (κ2) is 11.0. The molecule has 1 saturated heterocycles. The number of hydrogen-bond acceptors (Lipinski definition) is 9. The Morgan fingerprint density at radius 1 is 1.03 bits per heavy atom. The smallest absolute Gasteiger partial charge is 0.303 e. The number of aromatic nitrogens is 2. The predicted molar refractivity (Wildman–Crippen MR) is 111 cm³/mol. The molecule has 0 aliphatic carbocycles. The maximum Gasteiger partial charge on any atom is 0.303 e. The Labute approximate surface area is 185 Å². The lowest BCUT2D eigenvalue weighted by molar-refractivity contribution is -0.158. The zero-order valence-electron chi connectivity index (χ0n) is 17.8. The zero-order valence-corrected chi connectivity index (χ0v) is 17.8. The van der Waals surface area contributed by atoms with Gasteiger partial charge in [-0.25, -0.2) is 4.98 Å². The number of Topliss-reactive ketones (excluding diaryl/α,β-unsaturated/α-hetero) is 1. The largest absolute Gasteiger partial charge is 0.481 e. The van der Waals surface area contributed by atoms with E-state index in [1.165, 1.54) is 21.9 Å². The molecule has 178 valence electrons. The number of carbonyl (C=O) groups excluding carboxylic acids is 1. The molecule has 0 bridgehead atoms. The van der Waals surface area contributed by atoms with Crippen LogP contribution in [0.25, 0.3) is 6.08 Å². The number of imidazole rings is 1. The molecule has 3 heterocycles. The van der Waals surface area contributed by atoms with E-state index in [0.717, 1.165) is 19.3 Å². The van der Waals surface area contributed by atoms with Crippen LogP contribution >= 0.6 is 0 Å². The van der Waals surface area contributed by atoms with Crippen LogP contribution in [-0.4, -0.2) is 82.9 Å². The van der Waals surface area contributed by atoms with Gasteiger partial charge in [-0.15, -0.1) is 0 Å². The second-order valence-corrected chi connectivity index (χ2v) is 8.19. The fourth-order valence-corrected chi connectivity index (χ4v) is 4.06. The van der Waals surface area contributed by atoms with Gasteiger partial charge in [0, 0.05) is 37.4 Å². The van der Waals surface area contributed by atoms with E-state index in [0.29, 0.717) is 30.8 Å². The molecule has 5 N–H and O–H groups in total. The van der Waals surface area contributed by atoms with Crippen molar-refractivity contribution in [3.63, 3.8) is 0 Å². The highest BCUT2D eigenvalue weighted by Gasteiger charge is 2.47. The van der Waals surface area contributed by atoms with Crippen molar-refractivity contribution in [1.29, 1.82) is 0 Å². The number of rotatable bonds is 12. The van der Waals surface area contributed by atoms with Crippen molar-refractivity contribution in [3.8, 4) is 0 Å². The first-order valence-electron chi connectivity index (χ1n) is 10.9. The van der Waals surface area contributed by atoms with Gasteiger partial charge in [0.25, 0.3) is 0 Å². The van der Waals surface area contributed by atoms with Crippen molar-refractivity contribution < 1.29 is 39.9 Å². The van der Waals surface area contributed by atoms with E-state index in [1.54, 1.807) is 6.08 Å². The molecule has 1 fully saturated rings.